The van der Waals surface area contributed by atoms with Gasteiger partial charge in [-0.3, -0.25) is 10.1 Å². The van der Waals surface area contributed by atoms with Crippen LogP contribution in [0, 0.1) is 10.1 Å². The highest BCUT2D eigenvalue weighted by Gasteiger charge is 2.27. The summed E-state index contributed by atoms with van der Waals surface area (Å²) in [7, 11) is 1.58. The minimum absolute atomic E-state index is 0.245. The number of nitrogens with zero attached hydrogens (tertiary/aromatic N) is 1. The van der Waals surface area contributed by atoms with Crippen molar-refractivity contribution >= 4 is 6.08 Å². The topological polar surface area (TPSA) is 61.6 Å². The molecular formula is C12H13NO4. The van der Waals surface area contributed by atoms with Gasteiger partial charge in [-0.05, 0) is 19.1 Å². The Bertz CT molecular complexity index is 481. The maximum atomic E-state index is 10.6. The number of allylic oxidation sites excluding steroid dienone is 1. The van der Waals surface area contributed by atoms with Crippen molar-refractivity contribution in [2.45, 2.75) is 13.0 Å². The summed E-state index contributed by atoms with van der Waals surface area (Å²) in [5.41, 5.74) is 1.66. The molecule has 0 N–H and O–H groups in total. The molecule has 0 amide bonds. The molecule has 17 heavy (non-hydrogen) atoms. The zero-order chi connectivity index (χ0) is 12.4. The molecule has 5 heteroatoms. The smallest absolute Gasteiger partial charge is 0.244 e. The zero-order valence-corrected chi connectivity index (χ0v) is 9.67. The predicted molar refractivity (Wildman–Crippen MR) is 62.3 cm³/mol. The largest absolute Gasteiger partial charge is 0.496 e. The van der Waals surface area contributed by atoms with Gasteiger partial charge in [-0.25, -0.2) is 0 Å². The first-order valence-corrected chi connectivity index (χ1v) is 5.25. The van der Waals surface area contributed by atoms with Gasteiger partial charge >= 0.3 is 0 Å². The highest BCUT2D eigenvalue weighted by molar-refractivity contribution is 5.64. The first-order chi connectivity index (χ1) is 8.11. The van der Waals surface area contributed by atoms with Crippen molar-refractivity contribution in [2.24, 2.45) is 0 Å². The molecule has 0 aliphatic carbocycles. The Hall–Kier alpha value is -2.04. The lowest BCUT2D eigenvalue weighted by Crippen LogP contribution is -2.18. The van der Waals surface area contributed by atoms with Crippen LogP contribution in [0.4, 0.5) is 0 Å². The van der Waals surface area contributed by atoms with Crippen LogP contribution < -0.4 is 4.74 Å². The third kappa shape index (κ3) is 2.22. The fraction of sp³-hybridized carbons (Fsp3) is 0.333. The van der Waals surface area contributed by atoms with Gasteiger partial charge in [-0.1, -0.05) is 12.1 Å². The van der Waals surface area contributed by atoms with Gasteiger partial charge in [0.05, 0.1) is 12.9 Å². The summed E-state index contributed by atoms with van der Waals surface area (Å²) in [4.78, 5) is 10.2. The Balaban J connectivity index is 2.46. The van der Waals surface area contributed by atoms with E-state index in [-0.39, 0.29) is 11.5 Å². The Kier molecular flexibility index (Phi) is 2.99. The second-order valence-electron chi connectivity index (χ2n) is 3.84. The molecule has 1 aromatic rings. The minimum Gasteiger partial charge on any atom is -0.496 e. The van der Waals surface area contributed by atoms with Crippen LogP contribution in [0.3, 0.4) is 0 Å². The summed E-state index contributed by atoms with van der Waals surface area (Å²) < 4.78 is 10.7. The molecule has 0 aromatic heterocycles. The fourth-order valence-corrected chi connectivity index (χ4v) is 1.97. The minimum atomic E-state index is -0.542. The SMILES string of the molecule is COc1cccc2c1C=C(C)OC2C[N+](=O)[O-]. The van der Waals surface area contributed by atoms with Crippen LogP contribution in [0.25, 0.3) is 6.08 Å². The summed E-state index contributed by atoms with van der Waals surface area (Å²) in [6.45, 7) is 1.54. The molecule has 1 aliphatic heterocycles. The number of nitro groups is 1. The summed E-state index contributed by atoms with van der Waals surface area (Å²) in [6.07, 6.45) is 1.30. The van der Waals surface area contributed by atoms with Crippen LogP contribution >= 0.6 is 0 Å². The molecule has 0 radical (unpaired) electrons. The Labute approximate surface area is 98.8 Å². The third-order valence-electron chi connectivity index (χ3n) is 2.66. The van der Waals surface area contributed by atoms with E-state index in [0.29, 0.717) is 11.5 Å². The van der Waals surface area contributed by atoms with E-state index >= 15 is 0 Å². The lowest BCUT2D eigenvalue weighted by atomic mass is 9.98. The molecule has 2 rings (SSSR count). The van der Waals surface area contributed by atoms with Crippen LogP contribution in [0.2, 0.25) is 0 Å². The van der Waals surface area contributed by atoms with Gasteiger partial charge in [0.1, 0.15) is 5.75 Å². The highest BCUT2D eigenvalue weighted by Crippen LogP contribution is 2.36. The van der Waals surface area contributed by atoms with Crippen molar-refractivity contribution in [3.8, 4) is 5.75 Å². The van der Waals surface area contributed by atoms with E-state index in [2.05, 4.69) is 0 Å². The molecule has 0 spiro atoms. The predicted octanol–water partition coefficient (Wildman–Crippen LogP) is 2.40. The average Bonchev–Trinajstić information content (AvgIpc) is 2.27. The lowest BCUT2D eigenvalue weighted by Gasteiger charge is -2.24. The lowest BCUT2D eigenvalue weighted by molar-refractivity contribution is -0.491. The first-order valence-electron chi connectivity index (χ1n) is 5.25. The number of hydrogen-bond acceptors (Lipinski definition) is 4. The van der Waals surface area contributed by atoms with Crippen molar-refractivity contribution in [2.75, 3.05) is 13.7 Å². The molecule has 0 bridgehead atoms. The van der Waals surface area contributed by atoms with Crippen LogP contribution in [0.15, 0.2) is 24.0 Å². The number of benzene rings is 1. The zero-order valence-electron chi connectivity index (χ0n) is 9.67. The molecular weight excluding hydrogens is 222 g/mol. The van der Waals surface area contributed by atoms with E-state index in [1.807, 2.05) is 24.3 Å². The number of rotatable bonds is 3. The van der Waals surface area contributed by atoms with Gasteiger partial charge in [0.25, 0.3) is 0 Å². The highest BCUT2D eigenvalue weighted by atomic mass is 16.6. The standard InChI is InChI=1S/C12H13NO4/c1-8-6-10-9(4-3-5-11(10)16-2)12(17-8)7-13(14)15/h3-6,12H,7H2,1-2H3. The van der Waals surface area contributed by atoms with E-state index in [1.165, 1.54) is 0 Å². The Morgan fingerprint density at radius 2 is 2.29 bits per heavy atom. The normalized spacial score (nSPS) is 17.8. The van der Waals surface area contributed by atoms with Crippen molar-refractivity contribution in [3.63, 3.8) is 0 Å². The number of fused-ring (bicyclic) bond motifs is 1. The van der Waals surface area contributed by atoms with Crippen LogP contribution in [-0.4, -0.2) is 18.6 Å². The molecule has 1 heterocycles. The van der Waals surface area contributed by atoms with Gasteiger partial charge in [0.15, 0.2) is 6.10 Å². The summed E-state index contributed by atoms with van der Waals surface area (Å²) in [5, 5.41) is 10.6. The maximum absolute atomic E-state index is 10.6. The number of ether oxygens (including phenoxy) is 2. The molecule has 1 unspecified atom stereocenters. The van der Waals surface area contributed by atoms with Crippen molar-refractivity contribution in [3.05, 3.63) is 45.2 Å². The molecule has 1 aliphatic rings. The molecule has 5 nitrogen and oxygen atoms in total. The van der Waals surface area contributed by atoms with Gasteiger partial charge in [0.2, 0.25) is 6.54 Å². The van der Waals surface area contributed by atoms with Gasteiger partial charge in [0, 0.05) is 16.1 Å². The Morgan fingerprint density at radius 3 is 2.94 bits per heavy atom. The van der Waals surface area contributed by atoms with Crippen molar-refractivity contribution in [1.82, 2.24) is 0 Å². The van der Waals surface area contributed by atoms with E-state index < -0.39 is 6.10 Å². The molecule has 0 saturated carbocycles. The Morgan fingerprint density at radius 1 is 1.53 bits per heavy atom. The van der Waals surface area contributed by atoms with Gasteiger partial charge in [-0.2, -0.15) is 0 Å². The van der Waals surface area contributed by atoms with E-state index in [9.17, 15) is 10.1 Å². The van der Waals surface area contributed by atoms with Crippen LogP contribution in [0.1, 0.15) is 24.2 Å². The fourth-order valence-electron chi connectivity index (χ4n) is 1.97. The van der Waals surface area contributed by atoms with E-state index in [4.69, 9.17) is 9.47 Å². The summed E-state index contributed by atoms with van der Waals surface area (Å²) in [6, 6.07) is 5.47. The summed E-state index contributed by atoms with van der Waals surface area (Å²) in [5.74, 6) is 1.37. The molecule has 0 fully saturated rings. The molecule has 1 atom stereocenters. The average molecular weight is 235 g/mol. The quantitative estimate of drug-likeness (QED) is 0.596. The molecule has 0 saturated heterocycles. The molecule has 90 valence electrons. The van der Waals surface area contributed by atoms with E-state index in [1.54, 1.807) is 14.0 Å². The second kappa shape index (κ2) is 4.45. The monoisotopic (exact) mass is 235 g/mol. The first kappa shape index (κ1) is 11.4. The van der Waals surface area contributed by atoms with Crippen molar-refractivity contribution < 1.29 is 14.4 Å². The van der Waals surface area contributed by atoms with E-state index in [0.717, 1.165) is 11.1 Å². The van der Waals surface area contributed by atoms with Crippen LogP contribution in [0.5, 0.6) is 5.75 Å². The number of methoxy groups -OCH3 is 1. The second-order valence-corrected chi connectivity index (χ2v) is 3.84. The van der Waals surface area contributed by atoms with Gasteiger partial charge < -0.3 is 9.47 Å². The van der Waals surface area contributed by atoms with Crippen LogP contribution in [-0.2, 0) is 4.74 Å². The maximum Gasteiger partial charge on any atom is 0.244 e. The van der Waals surface area contributed by atoms with Gasteiger partial charge in [-0.15, -0.1) is 0 Å². The van der Waals surface area contributed by atoms with Crippen molar-refractivity contribution in [1.29, 1.82) is 0 Å². The number of hydrogen-bond donors (Lipinski definition) is 0. The molecule has 1 aromatic carbocycles. The third-order valence-corrected chi connectivity index (χ3v) is 2.66. The summed E-state index contributed by atoms with van der Waals surface area (Å²) >= 11 is 0.